The van der Waals surface area contributed by atoms with Crippen LogP contribution in [-0.4, -0.2) is 34.0 Å². The quantitative estimate of drug-likeness (QED) is 0.331. The van der Waals surface area contributed by atoms with E-state index in [0.29, 0.717) is 50.1 Å². The van der Waals surface area contributed by atoms with E-state index in [2.05, 4.69) is 41.7 Å². The average molecular weight is 550 g/mol. The second-order valence-electron chi connectivity index (χ2n) is 13.1. The number of phenolic OH excluding ortho intramolecular Hbond substituents is 1. The van der Waals surface area contributed by atoms with Crippen LogP contribution in [0.1, 0.15) is 78.4 Å². The molecule has 0 aliphatic heterocycles. The summed E-state index contributed by atoms with van der Waals surface area (Å²) in [7, 11) is 0. The summed E-state index contributed by atoms with van der Waals surface area (Å²) in [6, 6.07) is 22.3. The van der Waals surface area contributed by atoms with Gasteiger partial charge in [-0.1, -0.05) is 73.5 Å². The van der Waals surface area contributed by atoms with Crippen molar-refractivity contribution in [2.24, 2.45) is 17.8 Å². The normalized spacial score (nSPS) is 28.5. The van der Waals surface area contributed by atoms with Crippen LogP contribution in [0.3, 0.4) is 0 Å². The molecule has 4 aliphatic carbocycles. The Morgan fingerprint density at radius 1 is 0.927 bits per heavy atom. The number of aromatic hydroxyl groups is 1. The van der Waals surface area contributed by atoms with E-state index in [4.69, 9.17) is 0 Å². The highest BCUT2D eigenvalue weighted by atomic mass is 16.3. The Bertz CT molecular complexity index is 1480. The van der Waals surface area contributed by atoms with Gasteiger partial charge in [0.1, 0.15) is 11.5 Å². The van der Waals surface area contributed by atoms with Gasteiger partial charge in [-0.15, -0.1) is 0 Å². The van der Waals surface area contributed by atoms with E-state index in [1.807, 2.05) is 24.3 Å². The Hall–Kier alpha value is -3.44. The highest BCUT2D eigenvalue weighted by Gasteiger charge is 2.65. The third-order valence-corrected chi connectivity index (χ3v) is 10.8. The summed E-state index contributed by atoms with van der Waals surface area (Å²) in [4.78, 5) is 26.2. The van der Waals surface area contributed by atoms with Gasteiger partial charge in [-0.05, 0) is 84.6 Å². The molecule has 4 unspecified atom stereocenters. The van der Waals surface area contributed by atoms with Crippen molar-refractivity contribution < 1.29 is 19.8 Å². The Morgan fingerprint density at radius 3 is 2.44 bits per heavy atom. The maximum Gasteiger partial charge on any atom is 0.255 e. The third-order valence-electron chi connectivity index (χ3n) is 10.8. The van der Waals surface area contributed by atoms with Crippen molar-refractivity contribution in [2.75, 3.05) is 6.54 Å². The van der Waals surface area contributed by atoms with Gasteiger partial charge in [0.2, 0.25) is 0 Å². The van der Waals surface area contributed by atoms with Crippen LogP contribution in [0.2, 0.25) is 0 Å². The molecule has 4 atom stereocenters. The van der Waals surface area contributed by atoms with Gasteiger partial charge in [-0.3, -0.25) is 9.59 Å². The lowest BCUT2D eigenvalue weighted by Gasteiger charge is -2.62. The molecule has 0 saturated heterocycles. The van der Waals surface area contributed by atoms with Crippen LogP contribution in [-0.2, 0) is 23.1 Å². The van der Waals surface area contributed by atoms with Crippen LogP contribution in [0.5, 0.6) is 5.75 Å². The molecule has 5 nitrogen and oxygen atoms in total. The van der Waals surface area contributed by atoms with Crippen molar-refractivity contribution in [2.45, 2.75) is 75.2 Å². The molecular weight excluding hydrogens is 510 g/mol. The van der Waals surface area contributed by atoms with Crippen molar-refractivity contribution in [1.82, 2.24) is 5.32 Å². The van der Waals surface area contributed by atoms with Crippen molar-refractivity contribution in [1.29, 1.82) is 0 Å². The van der Waals surface area contributed by atoms with Crippen LogP contribution in [0.15, 0.2) is 66.7 Å². The fourth-order valence-corrected chi connectivity index (χ4v) is 8.51. The summed E-state index contributed by atoms with van der Waals surface area (Å²) in [6.45, 7) is 0.443. The zero-order valence-corrected chi connectivity index (χ0v) is 23.6. The van der Waals surface area contributed by atoms with Gasteiger partial charge in [0, 0.05) is 30.4 Å². The molecule has 3 saturated carbocycles. The number of fused-ring (bicyclic) bond motifs is 1. The van der Waals surface area contributed by atoms with Gasteiger partial charge < -0.3 is 15.5 Å². The summed E-state index contributed by atoms with van der Waals surface area (Å²) in [5.41, 5.74) is 3.53. The summed E-state index contributed by atoms with van der Waals surface area (Å²) < 4.78 is 0. The minimum Gasteiger partial charge on any atom is -0.507 e. The second-order valence-corrected chi connectivity index (χ2v) is 13.1. The largest absolute Gasteiger partial charge is 0.507 e. The van der Waals surface area contributed by atoms with E-state index >= 15 is 0 Å². The number of phenols is 1. The molecule has 4 aliphatic rings. The van der Waals surface area contributed by atoms with E-state index in [1.54, 1.807) is 6.07 Å². The van der Waals surface area contributed by atoms with Crippen molar-refractivity contribution in [3.63, 3.8) is 0 Å². The molecule has 5 heteroatoms. The first-order valence-corrected chi connectivity index (χ1v) is 15.4. The molecule has 0 spiro atoms. The maximum atomic E-state index is 13.3. The van der Waals surface area contributed by atoms with Crippen LogP contribution in [0.25, 0.3) is 11.1 Å². The van der Waals surface area contributed by atoms with E-state index in [0.717, 1.165) is 35.4 Å². The van der Waals surface area contributed by atoms with Crippen molar-refractivity contribution >= 4 is 11.7 Å². The standard InChI is InChI=1S/C36H39NO4/c38-29-15-18-36(41)31-21-28-12-13-30(33(39)32(28)35(36,22-29)17-14-27(31)20-24-6-7-24)34(40)37-19-16-23-8-10-26(11-9-23)25-4-2-1-3-5-25/h1-5,8-13,24,27,31,39,41H,6-7,14-22H2,(H,37,40). The fourth-order valence-electron chi connectivity index (χ4n) is 8.51. The highest BCUT2D eigenvalue weighted by Crippen LogP contribution is 2.64. The second kappa shape index (κ2) is 10.1. The third kappa shape index (κ3) is 4.50. The minimum absolute atomic E-state index is 0.0422. The molecular formula is C36H39NO4. The van der Waals surface area contributed by atoms with E-state index in [9.17, 15) is 19.8 Å². The first kappa shape index (κ1) is 26.5. The topological polar surface area (TPSA) is 86.6 Å². The average Bonchev–Trinajstić information content (AvgIpc) is 3.80. The number of carbonyl (C=O) groups is 2. The van der Waals surface area contributed by atoms with Gasteiger partial charge in [-0.2, -0.15) is 0 Å². The predicted octanol–water partition coefficient (Wildman–Crippen LogP) is 6.14. The molecule has 0 aromatic heterocycles. The monoisotopic (exact) mass is 549 g/mol. The molecule has 0 heterocycles. The van der Waals surface area contributed by atoms with Crippen LogP contribution >= 0.6 is 0 Å². The van der Waals surface area contributed by atoms with Gasteiger partial charge in [0.25, 0.3) is 5.91 Å². The zero-order valence-electron chi connectivity index (χ0n) is 23.6. The zero-order chi connectivity index (χ0) is 28.2. The smallest absolute Gasteiger partial charge is 0.255 e. The molecule has 212 valence electrons. The van der Waals surface area contributed by atoms with Crippen molar-refractivity contribution in [3.05, 3.63) is 89.0 Å². The first-order chi connectivity index (χ1) is 19.9. The molecule has 7 rings (SSSR count). The van der Waals surface area contributed by atoms with Crippen LogP contribution in [0.4, 0.5) is 0 Å². The molecule has 3 aromatic rings. The Balaban J connectivity index is 1.11. The molecule has 2 bridgehead atoms. The minimum atomic E-state index is -1.01. The number of amides is 1. The number of aliphatic hydroxyl groups is 1. The Kier molecular flexibility index (Phi) is 6.54. The molecule has 0 radical (unpaired) electrons. The summed E-state index contributed by atoms with van der Waals surface area (Å²) >= 11 is 0. The first-order valence-electron chi connectivity index (χ1n) is 15.4. The number of benzene rings is 3. The molecule has 3 aromatic carbocycles. The number of hydrogen-bond donors (Lipinski definition) is 3. The SMILES string of the molecule is O=C1CCC2(O)C3Cc4ccc(C(=O)NCCc5ccc(-c6ccccc6)cc5)c(O)c4C2(CCC3CC2CC2)C1. The Morgan fingerprint density at radius 2 is 1.68 bits per heavy atom. The number of ketones is 1. The lowest BCUT2D eigenvalue weighted by Crippen LogP contribution is -2.66. The molecule has 3 N–H and O–H groups in total. The van der Waals surface area contributed by atoms with E-state index < -0.39 is 11.0 Å². The number of nitrogens with one attached hydrogen (secondary N) is 1. The molecule has 41 heavy (non-hydrogen) atoms. The lowest BCUT2D eigenvalue weighted by atomic mass is 9.43. The van der Waals surface area contributed by atoms with Gasteiger partial charge >= 0.3 is 0 Å². The van der Waals surface area contributed by atoms with Gasteiger partial charge in [-0.25, -0.2) is 0 Å². The number of Topliss-reactive ketones (excluding diaryl/α,β-unsaturated/α-hetero) is 1. The van der Waals surface area contributed by atoms with Gasteiger partial charge in [0.05, 0.1) is 11.2 Å². The molecule has 3 fully saturated rings. The Labute approximate surface area is 242 Å². The van der Waals surface area contributed by atoms with E-state index in [-0.39, 0.29) is 35.3 Å². The molecule has 1 amide bonds. The predicted molar refractivity (Wildman–Crippen MR) is 159 cm³/mol. The number of hydrogen-bond acceptors (Lipinski definition) is 4. The summed E-state index contributed by atoms with van der Waals surface area (Å²) in [6.07, 6.45) is 7.88. The fraction of sp³-hybridized carbons (Fsp3) is 0.444. The van der Waals surface area contributed by atoms with E-state index in [1.165, 1.54) is 18.4 Å². The lowest BCUT2D eigenvalue weighted by molar-refractivity contribution is -0.173. The number of carbonyl (C=O) groups excluding carboxylic acids is 2. The van der Waals surface area contributed by atoms with Crippen molar-refractivity contribution in [3.8, 4) is 16.9 Å². The summed E-state index contributed by atoms with van der Waals surface area (Å²) in [5.74, 6) is 1.12. The maximum absolute atomic E-state index is 13.3. The number of rotatable bonds is 7. The van der Waals surface area contributed by atoms with Crippen LogP contribution < -0.4 is 5.32 Å². The van der Waals surface area contributed by atoms with Gasteiger partial charge in [0.15, 0.2) is 0 Å². The van der Waals surface area contributed by atoms with Crippen LogP contribution in [0, 0.1) is 17.8 Å². The highest BCUT2D eigenvalue weighted by molar-refractivity contribution is 5.98. The summed E-state index contributed by atoms with van der Waals surface area (Å²) in [5, 5.41) is 27.0.